The molecule has 7 nitrogen and oxygen atoms in total. The molecular weight excluding hydrogens is 376 g/mol. The van der Waals surface area contributed by atoms with Crippen LogP contribution in [0.15, 0.2) is 0 Å². The Morgan fingerprint density at radius 2 is 1.07 bits per heavy atom. The number of hydrogen-bond acceptors (Lipinski definition) is 7. The van der Waals surface area contributed by atoms with Crippen LogP contribution in [-0.4, -0.2) is 65.8 Å². The minimum Gasteiger partial charge on any atom is -0.465 e. The molecule has 0 N–H and O–H groups in total. The van der Waals surface area contributed by atoms with Gasteiger partial charge in [-0.05, 0) is 25.7 Å². The van der Waals surface area contributed by atoms with Gasteiger partial charge in [-0.3, -0.25) is 9.59 Å². The molecule has 0 saturated heterocycles. The quantitative estimate of drug-likeness (QED) is 0.247. The molecule has 0 heterocycles. The zero-order valence-electron chi connectivity index (χ0n) is 19.3. The molecule has 0 aliphatic heterocycles. The lowest BCUT2D eigenvalue weighted by Gasteiger charge is -2.26. The Kier molecular flexibility index (Phi) is 15.0. The minimum atomic E-state index is -0.219. The maximum Gasteiger partial charge on any atom is 0.305 e. The van der Waals surface area contributed by atoms with Gasteiger partial charge in [0.2, 0.25) is 0 Å². The van der Waals surface area contributed by atoms with Crippen molar-refractivity contribution in [1.82, 2.24) is 0 Å². The molecule has 7 heteroatoms. The Bertz CT molecular complexity index is 414. The zero-order valence-corrected chi connectivity index (χ0v) is 19.3. The summed E-state index contributed by atoms with van der Waals surface area (Å²) in [6, 6.07) is 0. The molecule has 0 radical (unpaired) electrons. The molecular formula is C22H42O7. The molecule has 0 aromatic rings. The maximum atomic E-state index is 11.8. The third-order valence-corrected chi connectivity index (χ3v) is 5.20. The lowest BCUT2D eigenvalue weighted by Crippen LogP contribution is -2.29. The fourth-order valence-corrected chi connectivity index (χ4v) is 2.58. The number of methoxy groups -OCH3 is 2. The van der Waals surface area contributed by atoms with Crippen LogP contribution in [0.25, 0.3) is 0 Å². The summed E-state index contributed by atoms with van der Waals surface area (Å²) >= 11 is 0. The van der Waals surface area contributed by atoms with Crippen molar-refractivity contribution in [2.75, 3.05) is 53.9 Å². The molecule has 0 aliphatic rings. The van der Waals surface area contributed by atoms with Crippen molar-refractivity contribution in [2.45, 2.75) is 66.2 Å². The Labute approximate surface area is 176 Å². The lowest BCUT2D eigenvalue weighted by atomic mass is 9.90. The first-order chi connectivity index (χ1) is 13.7. The van der Waals surface area contributed by atoms with Crippen molar-refractivity contribution in [2.24, 2.45) is 10.8 Å². The summed E-state index contributed by atoms with van der Waals surface area (Å²) in [4.78, 5) is 23.6. The Balaban J connectivity index is 3.74. The number of esters is 2. The molecule has 0 bridgehead atoms. The van der Waals surface area contributed by atoms with Gasteiger partial charge in [-0.1, -0.05) is 27.7 Å². The molecule has 0 aromatic heterocycles. The minimum absolute atomic E-state index is 0.145. The van der Waals surface area contributed by atoms with Crippen LogP contribution in [0.1, 0.15) is 66.2 Å². The van der Waals surface area contributed by atoms with Crippen LogP contribution >= 0.6 is 0 Å². The van der Waals surface area contributed by atoms with Crippen molar-refractivity contribution in [3.05, 3.63) is 0 Å². The van der Waals surface area contributed by atoms with Crippen LogP contribution in [0.3, 0.4) is 0 Å². The average molecular weight is 419 g/mol. The summed E-state index contributed by atoms with van der Waals surface area (Å²) in [5.74, 6) is -0.439. The normalized spacial score (nSPS) is 15.4. The summed E-state index contributed by atoms with van der Waals surface area (Å²) < 4.78 is 26.5. The van der Waals surface area contributed by atoms with Crippen molar-refractivity contribution in [1.29, 1.82) is 0 Å². The lowest BCUT2D eigenvalue weighted by molar-refractivity contribution is -0.149. The van der Waals surface area contributed by atoms with Gasteiger partial charge < -0.3 is 23.7 Å². The monoisotopic (exact) mass is 418 g/mol. The highest BCUT2D eigenvalue weighted by Gasteiger charge is 2.25. The van der Waals surface area contributed by atoms with Gasteiger partial charge in [0.1, 0.15) is 0 Å². The van der Waals surface area contributed by atoms with E-state index in [1.165, 1.54) is 0 Å². The van der Waals surface area contributed by atoms with Gasteiger partial charge in [0.15, 0.2) is 0 Å². The van der Waals surface area contributed by atoms with E-state index in [1.807, 2.05) is 13.8 Å². The summed E-state index contributed by atoms with van der Waals surface area (Å²) in [5.41, 5.74) is -0.290. The van der Waals surface area contributed by atoms with Crippen LogP contribution in [-0.2, 0) is 33.3 Å². The van der Waals surface area contributed by atoms with E-state index in [1.54, 1.807) is 14.2 Å². The standard InChI is InChI=1S/C22H42O7/c1-7-21(3,15-25-5)17-28-19(23)11-9-13-27-14-10-12-20(24)29-18-22(4,8-2)16-26-6/h7-18H2,1-6H3. The molecule has 0 rings (SSSR count). The number of carbonyl (C=O) groups is 2. The molecule has 0 saturated carbocycles. The number of hydrogen-bond donors (Lipinski definition) is 0. The SMILES string of the molecule is CCC(C)(COC)COC(=O)CCCOCCCC(=O)OCC(C)(CC)COC. The van der Waals surface area contributed by atoms with Gasteiger partial charge in [0, 0.05) is 51.1 Å². The van der Waals surface area contributed by atoms with E-state index in [9.17, 15) is 9.59 Å². The van der Waals surface area contributed by atoms with Crippen LogP contribution in [0.2, 0.25) is 0 Å². The predicted molar refractivity (Wildman–Crippen MR) is 112 cm³/mol. The van der Waals surface area contributed by atoms with E-state index in [-0.39, 0.29) is 22.8 Å². The maximum absolute atomic E-state index is 11.8. The highest BCUT2D eigenvalue weighted by Crippen LogP contribution is 2.22. The van der Waals surface area contributed by atoms with Crippen molar-refractivity contribution in [3.63, 3.8) is 0 Å². The first kappa shape index (κ1) is 27.8. The topological polar surface area (TPSA) is 80.3 Å². The summed E-state index contributed by atoms with van der Waals surface area (Å²) in [6.07, 6.45) is 3.60. The number of carbonyl (C=O) groups excluding carboxylic acids is 2. The van der Waals surface area contributed by atoms with E-state index in [0.29, 0.717) is 65.3 Å². The molecule has 0 spiro atoms. The zero-order chi connectivity index (χ0) is 22.2. The highest BCUT2D eigenvalue weighted by atomic mass is 16.5. The molecule has 0 amide bonds. The van der Waals surface area contributed by atoms with Gasteiger partial charge in [-0.2, -0.15) is 0 Å². The summed E-state index contributed by atoms with van der Waals surface area (Å²) in [7, 11) is 3.30. The van der Waals surface area contributed by atoms with Crippen molar-refractivity contribution < 1.29 is 33.3 Å². The van der Waals surface area contributed by atoms with Gasteiger partial charge in [-0.25, -0.2) is 0 Å². The molecule has 0 aliphatic carbocycles. The van der Waals surface area contributed by atoms with E-state index in [0.717, 1.165) is 12.8 Å². The third kappa shape index (κ3) is 13.6. The van der Waals surface area contributed by atoms with E-state index < -0.39 is 0 Å². The van der Waals surface area contributed by atoms with Crippen molar-refractivity contribution in [3.8, 4) is 0 Å². The van der Waals surface area contributed by atoms with E-state index in [2.05, 4.69) is 13.8 Å². The molecule has 29 heavy (non-hydrogen) atoms. The fraction of sp³-hybridized carbons (Fsp3) is 0.909. The van der Waals surface area contributed by atoms with Crippen LogP contribution in [0, 0.1) is 10.8 Å². The molecule has 0 fully saturated rings. The highest BCUT2D eigenvalue weighted by molar-refractivity contribution is 5.69. The second kappa shape index (κ2) is 15.6. The van der Waals surface area contributed by atoms with Gasteiger partial charge in [0.05, 0.1) is 26.4 Å². The van der Waals surface area contributed by atoms with Crippen LogP contribution in [0.4, 0.5) is 0 Å². The molecule has 2 unspecified atom stereocenters. The van der Waals surface area contributed by atoms with E-state index >= 15 is 0 Å². The Morgan fingerprint density at radius 3 is 1.38 bits per heavy atom. The number of rotatable bonds is 18. The second-order valence-corrected chi connectivity index (χ2v) is 8.34. The Hall–Kier alpha value is -1.18. The molecule has 172 valence electrons. The van der Waals surface area contributed by atoms with Crippen LogP contribution in [0.5, 0.6) is 0 Å². The second-order valence-electron chi connectivity index (χ2n) is 8.34. The van der Waals surface area contributed by atoms with Crippen LogP contribution < -0.4 is 0 Å². The third-order valence-electron chi connectivity index (χ3n) is 5.20. The largest absolute Gasteiger partial charge is 0.465 e. The smallest absolute Gasteiger partial charge is 0.305 e. The summed E-state index contributed by atoms with van der Waals surface area (Å²) in [6.45, 7) is 11.0. The van der Waals surface area contributed by atoms with Gasteiger partial charge >= 0.3 is 11.9 Å². The van der Waals surface area contributed by atoms with Gasteiger partial charge in [-0.15, -0.1) is 0 Å². The van der Waals surface area contributed by atoms with Gasteiger partial charge in [0.25, 0.3) is 0 Å². The van der Waals surface area contributed by atoms with E-state index in [4.69, 9.17) is 23.7 Å². The average Bonchev–Trinajstić information content (AvgIpc) is 2.70. The molecule has 2 atom stereocenters. The fourth-order valence-electron chi connectivity index (χ4n) is 2.58. The van der Waals surface area contributed by atoms with Crippen molar-refractivity contribution >= 4 is 11.9 Å². The first-order valence-corrected chi connectivity index (χ1v) is 10.6. The Morgan fingerprint density at radius 1 is 0.690 bits per heavy atom. The summed E-state index contributed by atoms with van der Waals surface area (Å²) in [5, 5.41) is 0. The first-order valence-electron chi connectivity index (χ1n) is 10.6. The molecule has 0 aromatic carbocycles. The predicted octanol–water partition coefficient (Wildman–Crippen LogP) is 3.78. The number of ether oxygens (including phenoxy) is 5.